The van der Waals surface area contributed by atoms with Crippen molar-refractivity contribution < 1.29 is 18.0 Å². The average molecular weight is 647 g/mol. The van der Waals surface area contributed by atoms with Gasteiger partial charge in [-0.15, -0.1) is 24.2 Å². The smallest absolute Gasteiger partial charge is 0.243 e. The van der Waals surface area contributed by atoms with Gasteiger partial charge in [0.2, 0.25) is 21.8 Å². The van der Waals surface area contributed by atoms with Crippen LogP contribution in [0.25, 0.3) is 0 Å². The molecule has 232 valence electrons. The van der Waals surface area contributed by atoms with Gasteiger partial charge in [-0.3, -0.25) is 14.5 Å². The van der Waals surface area contributed by atoms with Gasteiger partial charge in [0.25, 0.3) is 0 Å². The molecule has 2 N–H and O–H groups in total. The van der Waals surface area contributed by atoms with Crippen LogP contribution in [0.4, 0.5) is 0 Å². The number of amides is 2. The van der Waals surface area contributed by atoms with E-state index in [2.05, 4.69) is 39.8 Å². The lowest BCUT2D eigenvalue weighted by atomic mass is 9.91. The average Bonchev–Trinajstić information content (AvgIpc) is 3.46. The molecule has 3 fully saturated rings. The van der Waals surface area contributed by atoms with Crippen molar-refractivity contribution >= 4 is 57.8 Å². The fraction of sp³-hybridized carbons (Fsp3) is 0.724. The molecule has 1 aromatic carbocycles. The second-order valence-electron chi connectivity index (χ2n) is 11.6. The van der Waals surface area contributed by atoms with Crippen molar-refractivity contribution in [2.45, 2.75) is 88.7 Å². The Labute approximate surface area is 261 Å². The Morgan fingerprint density at radius 3 is 2.39 bits per heavy atom. The Balaban J connectivity index is 0.00000462. The number of rotatable bonds is 12. The number of hydrogen-bond donors (Lipinski definition) is 2. The second-order valence-corrected chi connectivity index (χ2v) is 16.2. The normalized spacial score (nSPS) is 22.3. The van der Waals surface area contributed by atoms with E-state index in [0.717, 1.165) is 38.2 Å². The summed E-state index contributed by atoms with van der Waals surface area (Å²) in [5, 5.41) is 5.59. The van der Waals surface area contributed by atoms with Crippen molar-refractivity contribution in [3.8, 4) is 0 Å². The van der Waals surface area contributed by atoms with Gasteiger partial charge >= 0.3 is 0 Å². The summed E-state index contributed by atoms with van der Waals surface area (Å²) in [5.41, 5.74) is 1.29. The van der Waals surface area contributed by atoms with Crippen LogP contribution in [0.5, 0.6) is 0 Å². The summed E-state index contributed by atoms with van der Waals surface area (Å²) in [6.45, 7) is 6.00. The number of benzene rings is 1. The summed E-state index contributed by atoms with van der Waals surface area (Å²) in [7, 11) is -3.57. The van der Waals surface area contributed by atoms with Crippen molar-refractivity contribution in [2.24, 2.45) is 5.92 Å². The van der Waals surface area contributed by atoms with E-state index in [4.69, 9.17) is 0 Å². The SMILES string of the molecule is CC(C)S(=O)(=O)N1CSC[C@H]1C(=O)N[C@@H](CSCC1CCCCC1)C(=O)NC1CCN(Cc2ccccc2)CC1.Cl. The van der Waals surface area contributed by atoms with Crippen molar-refractivity contribution in [2.75, 3.05) is 36.2 Å². The Kier molecular flexibility index (Phi) is 14.1. The predicted octanol–water partition coefficient (Wildman–Crippen LogP) is 4.10. The first kappa shape index (κ1) is 34.5. The number of nitrogens with one attached hydrogen (secondary N) is 2. The van der Waals surface area contributed by atoms with Gasteiger partial charge in [0.1, 0.15) is 12.1 Å². The molecule has 12 heteroatoms. The molecule has 2 amide bonds. The Bertz CT molecular complexity index is 1070. The first-order valence-electron chi connectivity index (χ1n) is 14.8. The second kappa shape index (κ2) is 16.8. The Morgan fingerprint density at radius 1 is 1.05 bits per heavy atom. The highest BCUT2D eigenvalue weighted by Gasteiger charge is 2.41. The first-order chi connectivity index (χ1) is 19.2. The van der Waals surface area contributed by atoms with Crippen LogP contribution in [0.2, 0.25) is 0 Å². The highest BCUT2D eigenvalue weighted by Crippen LogP contribution is 2.28. The van der Waals surface area contributed by atoms with Gasteiger partial charge in [-0.25, -0.2) is 8.42 Å². The molecular formula is C29H47ClN4O4S3. The van der Waals surface area contributed by atoms with E-state index in [0.29, 0.717) is 17.4 Å². The summed E-state index contributed by atoms with van der Waals surface area (Å²) in [6, 6.07) is 9.04. The van der Waals surface area contributed by atoms with Gasteiger partial charge in [0, 0.05) is 37.2 Å². The third kappa shape index (κ3) is 10.0. The number of thioether (sulfide) groups is 2. The number of likely N-dealkylation sites (tertiary alicyclic amines) is 1. The minimum absolute atomic E-state index is 0. The number of carbonyl (C=O) groups is 2. The zero-order valence-corrected chi connectivity index (χ0v) is 27.6. The molecule has 2 saturated heterocycles. The number of sulfonamides is 1. The molecule has 0 radical (unpaired) electrons. The Morgan fingerprint density at radius 2 is 1.73 bits per heavy atom. The zero-order valence-electron chi connectivity index (χ0n) is 24.3. The minimum atomic E-state index is -3.57. The van der Waals surface area contributed by atoms with Gasteiger partial charge in [0.05, 0.1) is 11.1 Å². The van der Waals surface area contributed by atoms with E-state index in [1.165, 1.54) is 53.7 Å². The molecule has 1 aliphatic carbocycles. The van der Waals surface area contributed by atoms with Crippen LogP contribution in [0.1, 0.15) is 64.4 Å². The summed E-state index contributed by atoms with van der Waals surface area (Å²) in [4.78, 5) is 29.3. The Hall–Kier alpha value is -0.980. The van der Waals surface area contributed by atoms with Gasteiger partial charge in [-0.05, 0) is 56.8 Å². The maximum Gasteiger partial charge on any atom is 0.243 e. The maximum absolute atomic E-state index is 13.5. The minimum Gasteiger partial charge on any atom is -0.351 e. The molecule has 2 atom stereocenters. The van der Waals surface area contributed by atoms with Crippen LogP contribution >= 0.6 is 35.9 Å². The molecule has 8 nitrogen and oxygen atoms in total. The third-order valence-corrected chi connectivity index (χ3v) is 12.9. The molecular weight excluding hydrogens is 600 g/mol. The van der Waals surface area contributed by atoms with Gasteiger partial charge in [-0.1, -0.05) is 49.6 Å². The molecule has 2 heterocycles. The number of piperidine rings is 1. The highest BCUT2D eigenvalue weighted by molar-refractivity contribution is 8.00. The number of nitrogens with zero attached hydrogens (tertiary/aromatic N) is 2. The van der Waals surface area contributed by atoms with E-state index in [1.807, 2.05) is 6.07 Å². The van der Waals surface area contributed by atoms with Crippen molar-refractivity contribution in [1.29, 1.82) is 0 Å². The highest BCUT2D eigenvalue weighted by atomic mass is 35.5. The van der Waals surface area contributed by atoms with Gasteiger partial charge in [0.15, 0.2) is 0 Å². The molecule has 41 heavy (non-hydrogen) atoms. The molecule has 0 unspecified atom stereocenters. The van der Waals surface area contributed by atoms with E-state index in [1.54, 1.807) is 25.6 Å². The number of carbonyl (C=O) groups excluding carboxylic acids is 2. The zero-order chi connectivity index (χ0) is 28.5. The maximum atomic E-state index is 13.5. The topological polar surface area (TPSA) is 98.8 Å². The number of hydrogen-bond acceptors (Lipinski definition) is 7. The molecule has 3 aliphatic rings. The summed E-state index contributed by atoms with van der Waals surface area (Å²) in [5.74, 6) is 2.31. The van der Waals surface area contributed by atoms with Crippen molar-refractivity contribution in [1.82, 2.24) is 19.8 Å². The van der Waals surface area contributed by atoms with Crippen molar-refractivity contribution in [3.63, 3.8) is 0 Å². The fourth-order valence-corrected chi connectivity index (χ4v) is 9.96. The van der Waals surface area contributed by atoms with Crippen LogP contribution in [-0.4, -0.2) is 89.0 Å². The number of halogens is 1. The van der Waals surface area contributed by atoms with Crippen LogP contribution in [-0.2, 0) is 26.2 Å². The lowest BCUT2D eigenvalue weighted by Crippen LogP contribution is -2.57. The van der Waals surface area contributed by atoms with Gasteiger partial charge in [-0.2, -0.15) is 16.1 Å². The summed E-state index contributed by atoms with van der Waals surface area (Å²) >= 11 is 3.17. The lowest BCUT2D eigenvalue weighted by molar-refractivity contribution is -0.130. The quantitative estimate of drug-likeness (QED) is 0.353. The first-order valence-corrected chi connectivity index (χ1v) is 18.6. The third-order valence-electron chi connectivity index (χ3n) is 8.25. The standard InChI is InChI=1S/C29H46N4O4S3.ClH/c1-22(2)40(36,37)33-21-39-20-27(33)29(35)31-26(19-38-18-24-11-7-4-8-12-24)28(34)30-25-13-15-32(16-14-25)17-23-9-5-3-6-10-23;/h3,5-6,9-10,22,24-27H,4,7-8,11-21H2,1-2H3,(H,30,34)(H,31,35);1H/t26-,27-;/m0./s1. The van der Waals surface area contributed by atoms with Crippen LogP contribution in [0.15, 0.2) is 30.3 Å². The van der Waals surface area contributed by atoms with Crippen LogP contribution in [0, 0.1) is 5.92 Å². The van der Waals surface area contributed by atoms with Crippen LogP contribution in [0.3, 0.4) is 0 Å². The van der Waals surface area contributed by atoms with E-state index in [9.17, 15) is 18.0 Å². The van der Waals surface area contributed by atoms with E-state index >= 15 is 0 Å². The van der Waals surface area contributed by atoms with Gasteiger partial charge < -0.3 is 10.6 Å². The largest absolute Gasteiger partial charge is 0.351 e. The molecule has 4 rings (SSSR count). The molecule has 1 saturated carbocycles. The molecule has 0 aromatic heterocycles. The summed E-state index contributed by atoms with van der Waals surface area (Å²) < 4.78 is 27.0. The lowest BCUT2D eigenvalue weighted by Gasteiger charge is -2.33. The summed E-state index contributed by atoms with van der Waals surface area (Å²) in [6.07, 6.45) is 8.06. The van der Waals surface area contributed by atoms with Crippen LogP contribution < -0.4 is 10.6 Å². The predicted molar refractivity (Wildman–Crippen MR) is 173 cm³/mol. The monoisotopic (exact) mass is 646 g/mol. The molecule has 1 aromatic rings. The van der Waals surface area contributed by atoms with E-state index < -0.39 is 27.4 Å². The fourth-order valence-electron chi connectivity index (χ4n) is 5.69. The molecule has 0 spiro atoms. The van der Waals surface area contributed by atoms with E-state index in [-0.39, 0.29) is 36.1 Å². The molecule has 0 bridgehead atoms. The van der Waals surface area contributed by atoms with Crippen molar-refractivity contribution in [3.05, 3.63) is 35.9 Å². The molecule has 2 aliphatic heterocycles.